The molecule has 0 fully saturated rings. The van der Waals surface area contributed by atoms with Crippen LogP contribution in [0, 0.1) is 10.1 Å². The van der Waals surface area contributed by atoms with Gasteiger partial charge in [0, 0.05) is 6.07 Å². The average molecular weight is 239 g/mol. The van der Waals surface area contributed by atoms with E-state index in [9.17, 15) is 19.7 Å². The molecule has 0 aliphatic heterocycles. The fourth-order valence-electron chi connectivity index (χ4n) is 1.24. The number of urea groups is 1. The number of primary amides is 1. The van der Waals surface area contributed by atoms with E-state index in [1.165, 1.54) is 25.3 Å². The van der Waals surface area contributed by atoms with Gasteiger partial charge >= 0.3 is 11.7 Å². The zero-order valence-corrected chi connectivity index (χ0v) is 8.80. The number of rotatable bonds is 3. The van der Waals surface area contributed by atoms with Gasteiger partial charge in [0.25, 0.3) is 5.91 Å². The van der Waals surface area contributed by atoms with Crippen molar-refractivity contribution in [1.29, 1.82) is 0 Å². The molecule has 0 unspecified atom stereocenters. The summed E-state index contributed by atoms with van der Waals surface area (Å²) in [5, 5.41) is 12.5. The van der Waals surface area contributed by atoms with E-state index in [4.69, 9.17) is 10.5 Å². The number of carbonyl (C=O) groups excluding carboxylic acids is 2. The molecule has 0 aliphatic rings. The van der Waals surface area contributed by atoms with Crippen LogP contribution in [0.15, 0.2) is 18.2 Å². The topological polar surface area (TPSA) is 125 Å². The first kappa shape index (κ1) is 12.4. The molecule has 0 saturated heterocycles. The van der Waals surface area contributed by atoms with Gasteiger partial charge in [-0.05, 0) is 6.07 Å². The van der Waals surface area contributed by atoms with E-state index in [1.54, 1.807) is 5.32 Å². The van der Waals surface area contributed by atoms with Crippen LogP contribution in [0.2, 0.25) is 0 Å². The fraction of sp³-hybridized carbons (Fsp3) is 0.111. The highest BCUT2D eigenvalue weighted by atomic mass is 16.6. The molecule has 0 saturated carbocycles. The summed E-state index contributed by atoms with van der Waals surface area (Å²) in [5.41, 5.74) is 4.27. The molecule has 17 heavy (non-hydrogen) atoms. The van der Waals surface area contributed by atoms with Crippen LogP contribution in [-0.2, 0) is 0 Å². The van der Waals surface area contributed by atoms with Crippen molar-refractivity contribution >= 4 is 17.6 Å². The van der Waals surface area contributed by atoms with E-state index in [2.05, 4.69) is 0 Å². The van der Waals surface area contributed by atoms with Crippen LogP contribution < -0.4 is 15.8 Å². The lowest BCUT2D eigenvalue weighted by Crippen LogP contribution is -2.35. The highest BCUT2D eigenvalue weighted by Crippen LogP contribution is 2.30. The van der Waals surface area contributed by atoms with Gasteiger partial charge in [-0.2, -0.15) is 0 Å². The number of imide groups is 1. The Hall–Kier alpha value is -2.64. The van der Waals surface area contributed by atoms with E-state index in [0.717, 1.165) is 0 Å². The van der Waals surface area contributed by atoms with Crippen LogP contribution in [-0.4, -0.2) is 24.0 Å². The van der Waals surface area contributed by atoms with E-state index in [-0.39, 0.29) is 17.0 Å². The van der Waals surface area contributed by atoms with Crippen molar-refractivity contribution in [1.82, 2.24) is 5.32 Å². The van der Waals surface area contributed by atoms with Gasteiger partial charge in [-0.1, -0.05) is 6.07 Å². The Balaban J connectivity index is 3.24. The predicted molar refractivity (Wildman–Crippen MR) is 56.7 cm³/mol. The van der Waals surface area contributed by atoms with Crippen molar-refractivity contribution in [3.63, 3.8) is 0 Å². The van der Waals surface area contributed by atoms with Gasteiger partial charge in [-0.25, -0.2) is 4.79 Å². The lowest BCUT2D eigenvalue weighted by molar-refractivity contribution is -0.385. The Morgan fingerprint density at radius 1 is 1.47 bits per heavy atom. The quantitative estimate of drug-likeness (QED) is 0.583. The fourth-order valence-corrected chi connectivity index (χ4v) is 1.24. The highest BCUT2D eigenvalue weighted by molar-refractivity contribution is 6.06. The molecule has 0 radical (unpaired) electrons. The van der Waals surface area contributed by atoms with E-state index < -0.39 is 16.9 Å². The minimum atomic E-state index is -1.05. The number of nitrogens with two attached hydrogens (primary N) is 1. The largest absolute Gasteiger partial charge is 0.490 e. The van der Waals surface area contributed by atoms with Gasteiger partial charge in [-0.3, -0.25) is 20.2 Å². The molecule has 8 nitrogen and oxygen atoms in total. The van der Waals surface area contributed by atoms with Crippen LogP contribution in [0.4, 0.5) is 10.5 Å². The van der Waals surface area contributed by atoms with E-state index in [0.29, 0.717) is 0 Å². The van der Waals surface area contributed by atoms with Crippen LogP contribution in [0.1, 0.15) is 10.4 Å². The van der Waals surface area contributed by atoms with Gasteiger partial charge in [0.2, 0.25) is 5.75 Å². The Bertz CT molecular complexity index is 486. The first-order valence-corrected chi connectivity index (χ1v) is 4.39. The summed E-state index contributed by atoms with van der Waals surface area (Å²) in [7, 11) is 1.18. The van der Waals surface area contributed by atoms with Crippen molar-refractivity contribution in [2.45, 2.75) is 0 Å². The zero-order valence-electron chi connectivity index (χ0n) is 8.80. The number of nitro groups is 1. The minimum absolute atomic E-state index is 0.138. The maximum absolute atomic E-state index is 11.5. The van der Waals surface area contributed by atoms with Crippen molar-refractivity contribution in [3.8, 4) is 5.75 Å². The monoisotopic (exact) mass is 239 g/mol. The summed E-state index contributed by atoms with van der Waals surface area (Å²) in [6, 6.07) is 2.71. The summed E-state index contributed by atoms with van der Waals surface area (Å²) in [6.45, 7) is 0. The van der Waals surface area contributed by atoms with Crippen molar-refractivity contribution in [2.75, 3.05) is 7.11 Å². The van der Waals surface area contributed by atoms with E-state index in [1.807, 2.05) is 0 Å². The first-order chi connectivity index (χ1) is 7.97. The lowest BCUT2D eigenvalue weighted by Gasteiger charge is -2.07. The third-order valence-corrected chi connectivity index (χ3v) is 1.88. The molecule has 3 N–H and O–H groups in total. The molecule has 1 aromatic rings. The molecule has 0 aromatic heterocycles. The number of benzene rings is 1. The molecular formula is C9H9N3O5. The van der Waals surface area contributed by atoms with Gasteiger partial charge in [0.05, 0.1) is 17.6 Å². The number of carbonyl (C=O) groups is 2. The molecule has 0 bridgehead atoms. The van der Waals surface area contributed by atoms with Crippen LogP contribution >= 0.6 is 0 Å². The predicted octanol–water partition coefficient (Wildman–Crippen LogP) is 0.412. The number of nitrogens with one attached hydrogen (secondary N) is 1. The van der Waals surface area contributed by atoms with Gasteiger partial charge in [-0.15, -0.1) is 0 Å². The summed E-state index contributed by atoms with van der Waals surface area (Å²) < 4.78 is 4.79. The lowest BCUT2D eigenvalue weighted by atomic mass is 10.1. The number of methoxy groups -OCH3 is 1. The third-order valence-electron chi connectivity index (χ3n) is 1.88. The molecule has 1 aromatic carbocycles. The number of para-hydroxylation sites is 1. The second-order valence-electron chi connectivity index (χ2n) is 2.93. The van der Waals surface area contributed by atoms with Crippen molar-refractivity contribution < 1.29 is 19.2 Å². The first-order valence-electron chi connectivity index (χ1n) is 4.39. The molecule has 0 aliphatic carbocycles. The van der Waals surface area contributed by atoms with Crippen LogP contribution in [0.25, 0.3) is 0 Å². The average Bonchev–Trinajstić information content (AvgIpc) is 2.26. The molecule has 0 spiro atoms. The maximum Gasteiger partial charge on any atom is 0.319 e. The zero-order chi connectivity index (χ0) is 13.0. The Morgan fingerprint density at radius 2 is 2.12 bits per heavy atom. The maximum atomic E-state index is 11.5. The SMILES string of the molecule is COc1c(C(=O)NC(N)=O)cccc1[N+](=O)[O-]. The summed E-state index contributed by atoms with van der Waals surface area (Å²) >= 11 is 0. The summed E-state index contributed by atoms with van der Waals surface area (Å²) in [4.78, 5) is 32.0. The Morgan fingerprint density at radius 3 is 2.59 bits per heavy atom. The molecular weight excluding hydrogens is 230 g/mol. The second-order valence-corrected chi connectivity index (χ2v) is 2.93. The molecule has 8 heteroatoms. The van der Waals surface area contributed by atoms with Crippen LogP contribution in [0.3, 0.4) is 0 Å². The van der Waals surface area contributed by atoms with Crippen molar-refractivity contribution in [2.24, 2.45) is 5.73 Å². The number of hydrogen-bond donors (Lipinski definition) is 2. The number of ether oxygens (including phenoxy) is 1. The number of amides is 3. The van der Waals surface area contributed by atoms with E-state index >= 15 is 0 Å². The number of hydrogen-bond acceptors (Lipinski definition) is 5. The van der Waals surface area contributed by atoms with Gasteiger partial charge < -0.3 is 10.5 Å². The molecule has 90 valence electrons. The van der Waals surface area contributed by atoms with Gasteiger partial charge in [0.1, 0.15) is 0 Å². The third kappa shape index (κ3) is 2.68. The van der Waals surface area contributed by atoms with Gasteiger partial charge in [0.15, 0.2) is 0 Å². The van der Waals surface area contributed by atoms with Crippen LogP contribution in [0.5, 0.6) is 5.75 Å². The molecule has 1 rings (SSSR count). The number of nitrogens with zero attached hydrogens (tertiary/aromatic N) is 1. The summed E-state index contributed by atoms with van der Waals surface area (Å²) in [5.74, 6) is -1.09. The molecule has 3 amide bonds. The minimum Gasteiger partial charge on any atom is -0.490 e. The second kappa shape index (κ2) is 4.92. The summed E-state index contributed by atoms with van der Waals surface area (Å²) in [6.07, 6.45) is 0. The Labute approximate surface area is 95.5 Å². The smallest absolute Gasteiger partial charge is 0.319 e. The van der Waals surface area contributed by atoms with Crippen molar-refractivity contribution in [3.05, 3.63) is 33.9 Å². The highest BCUT2D eigenvalue weighted by Gasteiger charge is 2.22. The molecule has 0 atom stereocenters. The molecule has 0 heterocycles. The Kier molecular flexibility index (Phi) is 3.60. The standard InChI is InChI=1S/C9H9N3O5/c1-17-7-5(8(13)11-9(10)14)3-2-4-6(7)12(15)16/h2-4H,1H3,(H3,10,11,13,14). The normalized spacial score (nSPS) is 9.47. The number of nitro benzene ring substituents is 1.